The van der Waals surface area contributed by atoms with E-state index in [1.807, 2.05) is 0 Å². The molecule has 0 unspecified atom stereocenters. The molecule has 0 heterocycles. The average Bonchev–Trinajstić information content (AvgIpc) is 2.75. The maximum Gasteiger partial charge on any atom is 0.412 e. The van der Waals surface area contributed by atoms with Gasteiger partial charge in [-0.3, -0.25) is 10.1 Å². The third-order valence-corrected chi connectivity index (χ3v) is 4.39. The highest BCUT2D eigenvalue weighted by molar-refractivity contribution is 5.95. The van der Waals surface area contributed by atoms with Crippen LogP contribution in [0.2, 0.25) is 0 Å². The first-order valence-electron chi connectivity index (χ1n) is 9.73. The van der Waals surface area contributed by atoms with Crippen LogP contribution in [-0.2, 0) is 14.3 Å². The summed E-state index contributed by atoms with van der Waals surface area (Å²) >= 11 is 0. The van der Waals surface area contributed by atoms with E-state index in [9.17, 15) is 19.5 Å². The summed E-state index contributed by atoms with van der Waals surface area (Å²) in [7, 11) is 1.39. The molecule has 0 spiro atoms. The number of benzene rings is 2. The fourth-order valence-electron chi connectivity index (χ4n) is 2.87. The molecule has 3 N–H and O–H groups in total. The molecule has 2 atom stereocenters. The summed E-state index contributed by atoms with van der Waals surface area (Å²) in [6, 6.07) is 10.6. The van der Waals surface area contributed by atoms with E-state index in [0.29, 0.717) is 16.8 Å². The van der Waals surface area contributed by atoms with Crippen LogP contribution in [0.4, 0.5) is 10.5 Å². The zero-order valence-electron chi connectivity index (χ0n) is 17.9. The lowest BCUT2D eigenvalue weighted by Gasteiger charge is -2.25. The molecule has 0 aromatic heterocycles. The van der Waals surface area contributed by atoms with E-state index in [1.165, 1.54) is 32.2 Å². The number of hydrogen-bond donors (Lipinski definition) is 3. The van der Waals surface area contributed by atoms with Crippen molar-refractivity contribution in [1.29, 1.82) is 0 Å². The molecule has 32 heavy (non-hydrogen) atoms. The fraction of sp³-hybridized carbons (Fsp3) is 0.261. The highest BCUT2D eigenvalue weighted by Crippen LogP contribution is 2.33. The quantitative estimate of drug-likeness (QED) is 0.372. The van der Waals surface area contributed by atoms with Crippen molar-refractivity contribution in [2.45, 2.75) is 26.1 Å². The van der Waals surface area contributed by atoms with Gasteiger partial charge in [-0.2, -0.15) is 0 Å². The Morgan fingerprint density at radius 3 is 2.34 bits per heavy atom. The summed E-state index contributed by atoms with van der Waals surface area (Å²) in [6.07, 6.45) is -0.728. The Balaban J connectivity index is 2.31. The molecule has 9 nitrogen and oxygen atoms in total. The van der Waals surface area contributed by atoms with Crippen LogP contribution in [0.5, 0.6) is 11.5 Å². The van der Waals surface area contributed by atoms with Crippen molar-refractivity contribution in [2.75, 3.05) is 19.0 Å². The molecule has 170 valence electrons. The van der Waals surface area contributed by atoms with Crippen molar-refractivity contribution in [3.05, 3.63) is 65.7 Å². The van der Waals surface area contributed by atoms with Gasteiger partial charge < -0.3 is 24.4 Å². The predicted octanol–water partition coefficient (Wildman–Crippen LogP) is 3.94. The monoisotopic (exact) mass is 443 g/mol. The number of aliphatic carboxylic acids is 1. The summed E-state index contributed by atoms with van der Waals surface area (Å²) in [5, 5.41) is 21.7. The largest absolute Gasteiger partial charge is 0.504 e. The smallest absolute Gasteiger partial charge is 0.412 e. The molecule has 0 bridgehead atoms. The van der Waals surface area contributed by atoms with Gasteiger partial charge in [0, 0.05) is 23.9 Å². The fourth-order valence-corrected chi connectivity index (χ4v) is 2.87. The Morgan fingerprint density at radius 2 is 1.81 bits per heavy atom. The number of amides is 1. The minimum atomic E-state index is -1.19. The number of carbonyl (C=O) groups excluding carboxylic acids is 2. The molecule has 0 aliphatic carbocycles. The lowest BCUT2D eigenvalue weighted by molar-refractivity contribution is -0.131. The van der Waals surface area contributed by atoms with Gasteiger partial charge >= 0.3 is 12.1 Å². The molecule has 2 aromatic carbocycles. The van der Waals surface area contributed by atoms with Crippen molar-refractivity contribution in [3.8, 4) is 11.5 Å². The van der Waals surface area contributed by atoms with Crippen molar-refractivity contribution < 1.29 is 38.8 Å². The predicted molar refractivity (Wildman–Crippen MR) is 116 cm³/mol. The third-order valence-electron chi connectivity index (χ3n) is 4.39. The van der Waals surface area contributed by atoms with Crippen LogP contribution in [0, 0.1) is 0 Å². The Labute approximate surface area is 185 Å². The minimum absolute atomic E-state index is 0.108. The van der Waals surface area contributed by atoms with E-state index >= 15 is 0 Å². The lowest BCUT2D eigenvalue weighted by Crippen LogP contribution is -2.28. The second-order valence-electron chi connectivity index (χ2n) is 6.63. The van der Waals surface area contributed by atoms with Gasteiger partial charge in [-0.05, 0) is 61.9 Å². The Kier molecular flexibility index (Phi) is 8.79. The van der Waals surface area contributed by atoms with Gasteiger partial charge in [-0.1, -0.05) is 6.07 Å². The van der Waals surface area contributed by atoms with E-state index in [-0.39, 0.29) is 23.9 Å². The number of rotatable bonds is 10. The Morgan fingerprint density at radius 1 is 1.12 bits per heavy atom. The number of phenolic OH excluding ortho intramolecular Hbond substituents is 1. The number of carboxylic acids is 1. The third kappa shape index (κ3) is 6.85. The van der Waals surface area contributed by atoms with Crippen LogP contribution in [0.15, 0.2) is 54.6 Å². The van der Waals surface area contributed by atoms with Gasteiger partial charge in [0.1, 0.15) is 6.10 Å². The van der Waals surface area contributed by atoms with Crippen LogP contribution < -0.4 is 10.1 Å². The number of nitrogens with one attached hydrogen (secondary N) is 1. The maximum absolute atomic E-state index is 12.6. The molecular formula is C23H25NO8. The van der Waals surface area contributed by atoms with Crippen molar-refractivity contribution >= 4 is 23.5 Å². The minimum Gasteiger partial charge on any atom is -0.504 e. The molecule has 0 saturated heterocycles. The zero-order valence-corrected chi connectivity index (χ0v) is 17.9. The number of hydrogen-bond acceptors (Lipinski definition) is 7. The van der Waals surface area contributed by atoms with Gasteiger partial charge in [-0.25, -0.2) is 9.59 Å². The summed E-state index contributed by atoms with van der Waals surface area (Å²) in [5.41, 5.74) is 1.25. The molecule has 0 fully saturated rings. The highest BCUT2D eigenvalue weighted by atomic mass is 16.6. The molecule has 0 radical (unpaired) electrons. The topological polar surface area (TPSA) is 131 Å². The second kappa shape index (κ2) is 11.5. The van der Waals surface area contributed by atoms with E-state index in [0.717, 1.165) is 6.08 Å². The van der Waals surface area contributed by atoms with E-state index < -0.39 is 24.3 Å². The van der Waals surface area contributed by atoms with Crippen LogP contribution in [0.3, 0.4) is 0 Å². The van der Waals surface area contributed by atoms with E-state index in [1.54, 1.807) is 37.3 Å². The number of aromatic hydroxyl groups is 1. The van der Waals surface area contributed by atoms with E-state index in [4.69, 9.17) is 19.3 Å². The molecule has 0 aliphatic rings. The Hall–Kier alpha value is -3.85. The molecular weight excluding hydrogens is 418 g/mol. The summed E-state index contributed by atoms with van der Waals surface area (Å²) < 4.78 is 16.2. The SMILES string of the molecule is CCO[C@H](/C=C/C(=O)O)[C@H](OC(=O)Nc1ccc(C(C)=O)cc1)c1ccc(OC)c(O)c1. The first-order chi connectivity index (χ1) is 15.2. The van der Waals surface area contributed by atoms with Gasteiger partial charge in [0.05, 0.1) is 7.11 Å². The Bertz CT molecular complexity index is 984. The standard InChI is InChI=1S/C23H25NO8/c1-4-31-20(11-12-21(27)28)22(16-7-10-19(30-3)18(26)13-16)32-23(29)24-17-8-5-15(6-9-17)14(2)25/h5-13,20,22,26H,4H2,1-3H3,(H,24,29)(H,27,28)/b12-11+/t20-,22-/m1/s1. The number of carboxylic acid groups (broad SMARTS) is 1. The summed E-state index contributed by atoms with van der Waals surface area (Å²) in [4.78, 5) is 35.0. The number of ketones is 1. The number of phenols is 1. The normalized spacial score (nSPS) is 12.7. The highest BCUT2D eigenvalue weighted by Gasteiger charge is 2.27. The van der Waals surface area contributed by atoms with Gasteiger partial charge in [-0.15, -0.1) is 0 Å². The first-order valence-corrected chi connectivity index (χ1v) is 9.73. The van der Waals surface area contributed by atoms with Gasteiger partial charge in [0.2, 0.25) is 0 Å². The number of anilines is 1. The molecule has 0 aliphatic heterocycles. The molecule has 9 heteroatoms. The average molecular weight is 443 g/mol. The molecule has 2 rings (SSSR count). The summed E-state index contributed by atoms with van der Waals surface area (Å²) in [6.45, 7) is 3.36. The van der Waals surface area contributed by atoms with Crippen molar-refractivity contribution in [3.63, 3.8) is 0 Å². The van der Waals surface area contributed by atoms with E-state index in [2.05, 4.69) is 5.32 Å². The van der Waals surface area contributed by atoms with Crippen LogP contribution in [-0.4, -0.2) is 47.9 Å². The van der Waals surface area contributed by atoms with Crippen LogP contribution >= 0.6 is 0 Å². The van der Waals surface area contributed by atoms with Crippen LogP contribution in [0.25, 0.3) is 0 Å². The molecule has 1 amide bonds. The summed E-state index contributed by atoms with van der Waals surface area (Å²) in [5.74, 6) is -1.27. The number of carbonyl (C=O) groups is 3. The molecule has 2 aromatic rings. The number of methoxy groups -OCH3 is 1. The second-order valence-corrected chi connectivity index (χ2v) is 6.63. The van der Waals surface area contributed by atoms with Gasteiger partial charge in [0.25, 0.3) is 0 Å². The lowest BCUT2D eigenvalue weighted by atomic mass is 10.0. The zero-order chi connectivity index (χ0) is 23.7. The first kappa shape index (κ1) is 24.4. The van der Waals surface area contributed by atoms with Crippen LogP contribution in [0.1, 0.15) is 35.9 Å². The number of ether oxygens (including phenoxy) is 3. The van der Waals surface area contributed by atoms with Crippen molar-refractivity contribution in [1.82, 2.24) is 0 Å². The van der Waals surface area contributed by atoms with Crippen molar-refractivity contribution in [2.24, 2.45) is 0 Å². The maximum atomic E-state index is 12.6. The van der Waals surface area contributed by atoms with Gasteiger partial charge in [0.15, 0.2) is 23.4 Å². The number of Topliss-reactive ketones (excluding diaryl/α,β-unsaturated/α-hetero) is 1. The molecule has 0 saturated carbocycles.